The zero-order valence-electron chi connectivity index (χ0n) is 31.9. The summed E-state index contributed by atoms with van der Waals surface area (Å²) in [4.78, 5) is 10.7. The average Bonchev–Trinajstić information content (AvgIpc) is 3.52. The molecule has 2 heteroatoms. The second-order valence-corrected chi connectivity index (χ2v) is 15.7. The molecular weight excluding hydrogens is 689 g/mol. The van der Waals surface area contributed by atoms with E-state index in [4.69, 9.17) is 9.97 Å². The van der Waals surface area contributed by atoms with Crippen LogP contribution in [0.4, 0.5) is 0 Å². The van der Waals surface area contributed by atoms with Crippen LogP contribution in [0.1, 0.15) is 25.0 Å². The molecule has 1 aliphatic rings. The van der Waals surface area contributed by atoms with E-state index in [1.54, 1.807) is 0 Å². The maximum Gasteiger partial charge on any atom is 0.161 e. The Balaban J connectivity index is 1.11. The van der Waals surface area contributed by atoms with Gasteiger partial charge in [-0.15, -0.1) is 0 Å². The molecular formula is C55H38N2. The number of rotatable bonds is 5. The number of benzene rings is 9. The zero-order chi connectivity index (χ0) is 38.1. The first-order valence-electron chi connectivity index (χ1n) is 19.7. The van der Waals surface area contributed by atoms with Crippen molar-refractivity contribution in [1.82, 2.24) is 9.97 Å². The predicted octanol–water partition coefficient (Wildman–Crippen LogP) is 14.6. The van der Waals surface area contributed by atoms with Crippen molar-refractivity contribution in [2.45, 2.75) is 19.3 Å². The van der Waals surface area contributed by atoms with E-state index in [2.05, 4.69) is 208 Å². The van der Waals surface area contributed by atoms with Crippen molar-refractivity contribution in [2.24, 2.45) is 0 Å². The standard InChI is InChI=1S/C55H38N2/c1-55(2)49-25-13-23-46(52(49)48-31-30-38-17-7-9-20-41(38)53(48)55)44-32-33-45(43-22-11-10-21-42(43)44)51-34-50(39-28-26-36(27-29-39)35-14-4-3-5-15-35)56-54(57-51)47-24-12-18-37-16-6-8-19-40(37)47/h3-34H,1-2H3. The van der Waals surface area contributed by atoms with E-state index in [-0.39, 0.29) is 5.41 Å². The van der Waals surface area contributed by atoms with Gasteiger partial charge in [0, 0.05) is 22.1 Å². The van der Waals surface area contributed by atoms with Gasteiger partial charge in [-0.05, 0) is 82.9 Å². The first-order chi connectivity index (χ1) is 28.0. The Morgan fingerprint density at radius 2 is 0.895 bits per heavy atom. The summed E-state index contributed by atoms with van der Waals surface area (Å²) < 4.78 is 0. The van der Waals surface area contributed by atoms with Gasteiger partial charge >= 0.3 is 0 Å². The molecule has 10 aromatic rings. The first-order valence-corrected chi connectivity index (χ1v) is 19.7. The van der Waals surface area contributed by atoms with Crippen LogP contribution in [0.2, 0.25) is 0 Å². The molecule has 0 bridgehead atoms. The number of fused-ring (bicyclic) bond motifs is 7. The van der Waals surface area contributed by atoms with Crippen LogP contribution in [0.25, 0.3) is 99.6 Å². The molecule has 0 amide bonds. The lowest BCUT2D eigenvalue weighted by Crippen LogP contribution is -2.15. The molecule has 0 unspecified atom stereocenters. The lowest BCUT2D eigenvalue weighted by Gasteiger charge is -2.23. The highest BCUT2D eigenvalue weighted by atomic mass is 14.9. The molecule has 1 heterocycles. The van der Waals surface area contributed by atoms with Crippen molar-refractivity contribution >= 4 is 32.3 Å². The molecule has 0 atom stereocenters. The fraction of sp³-hybridized carbons (Fsp3) is 0.0545. The molecule has 0 fully saturated rings. The number of nitrogens with zero attached hydrogens (tertiary/aromatic N) is 2. The third-order valence-corrected chi connectivity index (χ3v) is 12.1. The largest absolute Gasteiger partial charge is 0.228 e. The molecule has 57 heavy (non-hydrogen) atoms. The van der Waals surface area contributed by atoms with Gasteiger partial charge in [0.15, 0.2) is 5.82 Å². The smallest absolute Gasteiger partial charge is 0.161 e. The van der Waals surface area contributed by atoms with Crippen LogP contribution in [0.3, 0.4) is 0 Å². The van der Waals surface area contributed by atoms with Crippen LogP contribution in [0.5, 0.6) is 0 Å². The molecule has 0 N–H and O–H groups in total. The fourth-order valence-electron chi connectivity index (χ4n) is 9.37. The zero-order valence-corrected chi connectivity index (χ0v) is 31.9. The third kappa shape index (κ3) is 5.33. The molecule has 0 spiro atoms. The Morgan fingerprint density at radius 3 is 1.68 bits per heavy atom. The van der Waals surface area contributed by atoms with Crippen LogP contribution < -0.4 is 0 Å². The maximum absolute atomic E-state index is 5.39. The lowest BCUT2D eigenvalue weighted by molar-refractivity contribution is 0.666. The van der Waals surface area contributed by atoms with Gasteiger partial charge in [-0.25, -0.2) is 9.97 Å². The van der Waals surface area contributed by atoms with E-state index in [1.807, 2.05) is 0 Å². The van der Waals surface area contributed by atoms with E-state index >= 15 is 0 Å². The van der Waals surface area contributed by atoms with Crippen molar-refractivity contribution < 1.29 is 0 Å². The summed E-state index contributed by atoms with van der Waals surface area (Å²) in [7, 11) is 0. The van der Waals surface area contributed by atoms with Gasteiger partial charge in [-0.1, -0.05) is 202 Å². The Morgan fingerprint density at radius 1 is 0.351 bits per heavy atom. The molecule has 9 aromatic carbocycles. The van der Waals surface area contributed by atoms with E-state index < -0.39 is 0 Å². The van der Waals surface area contributed by atoms with Crippen LogP contribution in [-0.2, 0) is 5.41 Å². The fourth-order valence-corrected chi connectivity index (χ4v) is 9.37. The van der Waals surface area contributed by atoms with E-state index in [9.17, 15) is 0 Å². The normalized spacial score (nSPS) is 12.9. The summed E-state index contributed by atoms with van der Waals surface area (Å²) in [6.45, 7) is 4.76. The monoisotopic (exact) mass is 726 g/mol. The van der Waals surface area contributed by atoms with Crippen molar-refractivity contribution in [3.8, 4) is 67.3 Å². The summed E-state index contributed by atoms with van der Waals surface area (Å²) in [6, 6.07) is 70.0. The van der Waals surface area contributed by atoms with Crippen molar-refractivity contribution in [3.05, 3.63) is 205 Å². The second kappa shape index (κ2) is 13.0. The molecule has 1 aromatic heterocycles. The first kappa shape index (κ1) is 33.2. The minimum absolute atomic E-state index is 0.133. The molecule has 268 valence electrons. The van der Waals surface area contributed by atoms with Crippen LogP contribution in [0.15, 0.2) is 194 Å². The molecule has 0 saturated heterocycles. The van der Waals surface area contributed by atoms with Crippen molar-refractivity contribution in [1.29, 1.82) is 0 Å². The van der Waals surface area contributed by atoms with Gasteiger partial charge in [-0.3, -0.25) is 0 Å². The minimum Gasteiger partial charge on any atom is -0.228 e. The molecule has 0 aliphatic heterocycles. The molecule has 2 nitrogen and oxygen atoms in total. The van der Waals surface area contributed by atoms with Gasteiger partial charge in [0.2, 0.25) is 0 Å². The summed E-state index contributed by atoms with van der Waals surface area (Å²) in [5.74, 6) is 0.714. The summed E-state index contributed by atoms with van der Waals surface area (Å²) in [6.07, 6.45) is 0. The molecule has 0 saturated carbocycles. The Labute approximate surface area is 332 Å². The molecule has 11 rings (SSSR count). The molecule has 0 radical (unpaired) electrons. The Hall–Kier alpha value is -7.16. The van der Waals surface area contributed by atoms with Crippen LogP contribution in [0, 0.1) is 0 Å². The van der Waals surface area contributed by atoms with Crippen molar-refractivity contribution in [2.75, 3.05) is 0 Å². The summed E-state index contributed by atoms with van der Waals surface area (Å²) in [5.41, 5.74) is 15.1. The van der Waals surface area contributed by atoms with E-state index in [0.29, 0.717) is 5.82 Å². The highest BCUT2D eigenvalue weighted by Crippen LogP contribution is 2.55. The predicted molar refractivity (Wildman–Crippen MR) is 239 cm³/mol. The minimum atomic E-state index is -0.133. The summed E-state index contributed by atoms with van der Waals surface area (Å²) in [5, 5.41) is 7.29. The SMILES string of the molecule is CC1(C)c2cccc(-c3ccc(-c4cc(-c5ccc(-c6ccccc6)cc5)nc(-c5cccc6ccccc56)n4)c4ccccc34)c2-c2ccc3ccccc3c21. The Bertz CT molecular complexity index is 3190. The maximum atomic E-state index is 5.39. The van der Waals surface area contributed by atoms with Gasteiger partial charge in [0.1, 0.15) is 0 Å². The quantitative estimate of drug-likeness (QED) is 0.176. The van der Waals surface area contributed by atoms with Gasteiger partial charge in [0.05, 0.1) is 11.4 Å². The van der Waals surface area contributed by atoms with Crippen molar-refractivity contribution in [3.63, 3.8) is 0 Å². The van der Waals surface area contributed by atoms with Crippen LogP contribution >= 0.6 is 0 Å². The number of aromatic nitrogens is 2. The topological polar surface area (TPSA) is 25.8 Å². The van der Waals surface area contributed by atoms with Gasteiger partial charge in [0.25, 0.3) is 0 Å². The molecule has 1 aliphatic carbocycles. The number of hydrogen-bond acceptors (Lipinski definition) is 2. The van der Waals surface area contributed by atoms with Gasteiger partial charge < -0.3 is 0 Å². The van der Waals surface area contributed by atoms with E-state index in [0.717, 1.165) is 38.9 Å². The van der Waals surface area contributed by atoms with E-state index in [1.165, 1.54) is 66.1 Å². The third-order valence-electron chi connectivity index (χ3n) is 12.1. The Kier molecular flexibility index (Phi) is 7.55. The second-order valence-electron chi connectivity index (χ2n) is 15.7. The number of hydrogen-bond donors (Lipinski definition) is 0. The highest BCUT2D eigenvalue weighted by Gasteiger charge is 2.38. The van der Waals surface area contributed by atoms with Crippen LogP contribution in [-0.4, -0.2) is 9.97 Å². The highest BCUT2D eigenvalue weighted by molar-refractivity contribution is 6.09. The average molecular weight is 727 g/mol. The van der Waals surface area contributed by atoms with Gasteiger partial charge in [-0.2, -0.15) is 0 Å². The summed E-state index contributed by atoms with van der Waals surface area (Å²) >= 11 is 0. The lowest BCUT2D eigenvalue weighted by atomic mass is 9.80.